The Balaban J connectivity index is 1.40. The third-order valence-electron chi connectivity index (χ3n) is 4.97. The van der Waals surface area contributed by atoms with E-state index in [1.54, 1.807) is 0 Å². The monoisotopic (exact) mass is 348 g/mol. The van der Waals surface area contributed by atoms with Crippen molar-refractivity contribution in [2.24, 2.45) is 0 Å². The third kappa shape index (κ3) is 4.56. The fourth-order valence-electron chi connectivity index (χ4n) is 3.38. The van der Waals surface area contributed by atoms with E-state index in [9.17, 15) is 4.79 Å². The van der Waals surface area contributed by atoms with Crippen LogP contribution in [0.4, 0.5) is 10.6 Å². The van der Waals surface area contributed by atoms with Crippen LogP contribution in [0.5, 0.6) is 0 Å². The van der Waals surface area contributed by atoms with E-state index in [1.807, 2.05) is 18.0 Å². The van der Waals surface area contributed by atoms with E-state index in [0.717, 1.165) is 38.3 Å². The number of rotatable bonds is 4. The maximum atomic E-state index is 12.1. The van der Waals surface area contributed by atoms with Crippen LogP contribution in [0.15, 0.2) is 18.3 Å². The van der Waals surface area contributed by atoms with Crippen molar-refractivity contribution in [3.63, 3.8) is 0 Å². The highest BCUT2D eigenvalue weighted by atomic mass is 32.2. The summed E-state index contributed by atoms with van der Waals surface area (Å²) in [4.78, 5) is 18.9. The van der Waals surface area contributed by atoms with Gasteiger partial charge in [-0.2, -0.15) is 11.8 Å². The second-order valence-electron chi connectivity index (χ2n) is 7.18. The number of piperidine rings is 1. The van der Waals surface area contributed by atoms with Crippen molar-refractivity contribution in [1.82, 2.24) is 15.6 Å². The van der Waals surface area contributed by atoms with Gasteiger partial charge in [0.2, 0.25) is 0 Å². The van der Waals surface area contributed by atoms with E-state index >= 15 is 0 Å². The largest absolute Gasteiger partial charge is 0.356 e. The Morgan fingerprint density at radius 3 is 2.83 bits per heavy atom. The molecule has 0 unspecified atom stereocenters. The number of urea groups is 1. The number of thioether (sulfide) groups is 1. The van der Waals surface area contributed by atoms with E-state index in [4.69, 9.17) is 0 Å². The number of anilines is 1. The number of amides is 2. The van der Waals surface area contributed by atoms with Crippen LogP contribution in [0, 0.1) is 6.92 Å². The molecule has 3 rings (SSSR count). The van der Waals surface area contributed by atoms with Crippen LogP contribution in [0.1, 0.15) is 38.2 Å². The molecule has 2 aliphatic rings. The van der Waals surface area contributed by atoms with Gasteiger partial charge in [-0.25, -0.2) is 9.78 Å². The highest BCUT2D eigenvalue weighted by molar-refractivity contribution is 8.00. The summed E-state index contributed by atoms with van der Waals surface area (Å²) in [5.41, 5.74) is 1.18. The number of hydrogen-bond donors (Lipinski definition) is 2. The number of nitrogens with one attached hydrogen (secondary N) is 2. The zero-order valence-corrected chi connectivity index (χ0v) is 15.5. The number of aryl methyl sites for hydroxylation is 1. The minimum Gasteiger partial charge on any atom is -0.356 e. The van der Waals surface area contributed by atoms with Crippen molar-refractivity contribution >= 4 is 23.6 Å². The number of carbonyl (C=O) groups excluding carboxylic acids is 1. The molecule has 6 heteroatoms. The van der Waals surface area contributed by atoms with Crippen molar-refractivity contribution < 1.29 is 4.79 Å². The molecule has 1 aromatic rings. The van der Waals surface area contributed by atoms with E-state index in [0.29, 0.717) is 0 Å². The summed E-state index contributed by atoms with van der Waals surface area (Å²) in [5, 5.41) is 6.20. The average molecular weight is 349 g/mol. The average Bonchev–Trinajstić information content (AvgIpc) is 3.02. The summed E-state index contributed by atoms with van der Waals surface area (Å²) in [7, 11) is 0. The molecule has 2 N–H and O–H groups in total. The van der Waals surface area contributed by atoms with Gasteiger partial charge in [0, 0.05) is 36.6 Å². The highest BCUT2D eigenvalue weighted by Crippen LogP contribution is 2.36. The maximum absolute atomic E-state index is 12.1. The van der Waals surface area contributed by atoms with Gasteiger partial charge < -0.3 is 15.5 Å². The van der Waals surface area contributed by atoms with Gasteiger partial charge in [0.1, 0.15) is 5.82 Å². The summed E-state index contributed by atoms with van der Waals surface area (Å²) in [6, 6.07) is 4.42. The lowest BCUT2D eigenvalue weighted by atomic mass is 10.0. The first-order chi connectivity index (χ1) is 11.5. The van der Waals surface area contributed by atoms with Crippen LogP contribution in [0.25, 0.3) is 0 Å². The van der Waals surface area contributed by atoms with Gasteiger partial charge in [0.15, 0.2) is 0 Å². The molecule has 0 saturated carbocycles. The third-order valence-corrected chi connectivity index (χ3v) is 6.51. The van der Waals surface area contributed by atoms with Crippen molar-refractivity contribution in [2.45, 2.75) is 50.3 Å². The van der Waals surface area contributed by atoms with Gasteiger partial charge in [0.25, 0.3) is 0 Å². The van der Waals surface area contributed by atoms with Crippen LogP contribution in [0.3, 0.4) is 0 Å². The van der Waals surface area contributed by atoms with Crippen molar-refractivity contribution in [2.75, 3.05) is 30.3 Å². The van der Waals surface area contributed by atoms with Crippen LogP contribution in [-0.2, 0) is 0 Å². The molecule has 0 radical (unpaired) electrons. The highest BCUT2D eigenvalue weighted by Gasteiger charge is 2.30. The Morgan fingerprint density at radius 1 is 1.42 bits per heavy atom. The smallest absolute Gasteiger partial charge is 0.315 e. The molecular formula is C18H28N4OS. The molecule has 0 bridgehead atoms. The van der Waals surface area contributed by atoms with Crippen LogP contribution in [-0.4, -0.2) is 47.2 Å². The normalized spacial score (nSPS) is 24.8. The Hall–Kier alpha value is -1.43. The lowest BCUT2D eigenvalue weighted by Gasteiger charge is -2.33. The molecule has 1 atom stereocenters. The van der Waals surface area contributed by atoms with E-state index in [-0.39, 0.29) is 16.8 Å². The van der Waals surface area contributed by atoms with Crippen LogP contribution < -0.4 is 15.5 Å². The summed E-state index contributed by atoms with van der Waals surface area (Å²) >= 11 is 1.98. The fourth-order valence-corrected chi connectivity index (χ4v) is 4.62. The molecule has 0 spiro atoms. The molecule has 24 heavy (non-hydrogen) atoms. The quantitative estimate of drug-likeness (QED) is 0.878. The number of nitrogens with zero attached hydrogens (tertiary/aromatic N) is 2. The van der Waals surface area contributed by atoms with E-state index in [2.05, 4.69) is 46.5 Å². The summed E-state index contributed by atoms with van der Waals surface area (Å²) in [5.74, 6) is 2.25. The second kappa shape index (κ2) is 7.64. The van der Waals surface area contributed by atoms with Gasteiger partial charge in [-0.1, -0.05) is 6.07 Å². The SMILES string of the molecule is Cc1ccc(N2CCC(NC(=O)NC[C@]3(C)CCCS3)CC2)nc1. The van der Waals surface area contributed by atoms with Crippen LogP contribution in [0.2, 0.25) is 0 Å². The molecule has 2 aliphatic heterocycles. The predicted molar refractivity (Wildman–Crippen MR) is 101 cm³/mol. The van der Waals surface area contributed by atoms with Gasteiger partial charge in [-0.3, -0.25) is 0 Å². The molecule has 0 aromatic carbocycles. The van der Waals surface area contributed by atoms with Gasteiger partial charge in [-0.15, -0.1) is 0 Å². The Morgan fingerprint density at radius 2 is 2.21 bits per heavy atom. The second-order valence-corrected chi connectivity index (χ2v) is 8.87. The molecule has 3 heterocycles. The first-order valence-corrected chi connectivity index (χ1v) is 9.89. The van der Waals surface area contributed by atoms with Gasteiger partial charge in [-0.05, 0) is 56.9 Å². The lowest BCUT2D eigenvalue weighted by molar-refractivity contribution is 0.233. The van der Waals surface area contributed by atoms with Crippen molar-refractivity contribution in [1.29, 1.82) is 0 Å². The maximum Gasteiger partial charge on any atom is 0.315 e. The number of pyridine rings is 1. The van der Waals surface area contributed by atoms with Crippen molar-refractivity contribution in [3.05, 3.63) is 23.9 Å². The van der Waals surface area contributed by atoms with Crippen molar-refractivity contribution in [3.8, 4) is 0 Å². The standard InChI is InChI=1S/C18H28N4OS/c1-14-4-5-16(19-12-14)22-9-6-15(7-10-22)21-17(23)20-13-18(2)8-3-11-24-18/h4-5,12,15H,3,6-11,13H2,1-2H3,(H2,20,21,23)/t18-/m0/s1. The molecule has 1 aromatic heterocycles. The molecule has 0 aliphatic carbocycles. The van der Waals surface area contributed by atoms with E-state index in [1.165, 1.54) is 24.2 Å². The Bertz CT molecular complexity index is 549. The minimum atomic E-state index is -0.0179. The summed E-state index contributed by atoms with van der Waals surface area (Å²) < 4.78 is 0.220. The van der Waals surface area contributed by atoms with E-state index < -0.39 is 0 Å². The molecule has 2 amide bonds. The number of carbonyl (C=O) groups is 1. The Labute approximate surface area is 149 Å². The van der Waals surface area contributed by atoms with Gasteiger partial charge >= 0.3 is 6.03 Å². The fraction of sp³-hybridized carbons (Fsp3) is 0.667. The molecule has 5 nitrogen and oxygen atoms in total. The summed E-state index contributed by atoms with van der Waals surface area (Å²) in [6.07, 6.45) is 6.30. The lowest BCUT2D eigenvalue weighted by Crippen LogP contribution is -2.50. The first kappa shape index (κ1) is 17.4. The zero-order valence-electron chi connectivity index (χ0n) is 14.7. The Kier molecular flexibility index (Phi) is 5.54. The molecular weight excluding hydrogens is 320 g/mol. The summed E-state index contributed by atoms with van der Waals surface area (Å²) in [6.45, 7) is 6.94. The predicted octanol–water partition coefficient (Wildman–Crippen LogP) is 2.94. The number of hydrogen-bond acceptors (Lipinski definition) is 4. The first-order valence-electron chi connectivity index (χ1n) is 8.90. The number of aromatic nitrogens is 1. The van der Waals surface area contributed by atoms with Crippen LogP contribution >= 0.6 is 11.8 Å². The molecule has 132 valence electrons. The molecule has 2 fully saturated rings. The zero-order chi connectivity index (χ0) is 17.0. The minimum absolute atomic E-state index is 0.0179. The van der Waals surface area contributed by atoms with Gasteiger partial charge in [0.05, 0.1) is 0 Å². The topological polar surface area (TPSA) is 57.3 Å². The molecule has 2 saturated heterocycles.